The molecule has 0 unspecified atom stereocenters. The molecule has 3 aromatic rings. The maximum Gasteiger partial charge on any atom is 0.282 e. The Bertz CT molecular complexity index is 1360. The van der Waals surface area contributed by atoms with Crippen LogP contribution in [0.25, 0.3) is 5.57 Å². The molecule has 0 spiro atoms. The molecule has 5 rings (SSSR count). The summed E-state index contributed by atoms with van der Waals surface area (Å²) in [6, 6.07) is 18.9. The molecular formula is C29H28N2O4. The number of hydrogen-bond donors (Lipinski definition) is 1. The van der Waals surface area contributed by atoms with Crippen LogP contribution in [0.5, 0.6) is 11.5 Å². The predicted octanol–water partition coefficient (Wildman–Crippen LogP) is 5.59. The van der Waals surface area contributed by atoms with Crippen LogP contribution in [0.3, 0.4) is 0 Å². The molecule has 2 aliphatic heterocycles. The maximum absolute atomic E-state index is 13.8. The maximum atomic E-state index is 13.8. The predicted molar refractivity (Wildman–Crippen MR) is 137 cm³/mol. The summed E-state index contributed by atoms with van der Waals surface area (Å²) in [6.45, 7) is 9.11. The van der Waals surface area contributed by atoms with Crippen LogP contribution in [0.1, 0.15) is 42.0 Å². The average molecular weight is 469 g/mol. The van der Waals surface area contributed by atoms with Crippen molar-refractivity contribution < 1.29 is 19.1 Å². The smallest absolute Gasteiger partial charge is 0.282 e. The van der Waals surface area contributed by atoms with E-state index in [-0.39, 0.29) is 11.6 Å². The third kappa shape index (κ3) is 4.16. The number of anilines is 2. The van der Waals surface area contributed by atoms with Gasteiger partial charge in [-0.05, 0) is 60.7 Å². The lowest BCUT2D eigenvalue weighted by atomic mass is 9.97. The Balaban J connectivity index is 1.58. The van der Waals surface area contributed by atoms with Gasteiger partial charge in [-0.3, -0.25) is 9.59 Å². The molecule has 178 valence electrons. The van der Waals surface area contributed by atoms with Crippen molar-refractivity contribution in [2.45, 2.75) is 33.6 Å². The summed E-state index contributed by atoms with van der Waals surface area (Å²) in [4.78, 5) is 28.7. The van der Waals surface area contributed by atoms with Gasteiger partial charge in [0.05, 0.1) is 11.3 Å². The lowest BCUT2D eigenvalue weighted by Crippen LogP contribution is -2.32. The van der Waals surface area contributed by atoms with Gasteiger partial charge in [0.15, 0.2) is 11.5 Å². The lowest BCUT2D eigenvalue weighted by molar-refractivity contribution is -0.120. The number of amides is 2. The van der Waals surface area contributed by atoms with Gasteiger partial charge in [-0.15, -0.1) is 0 Å². The Morgan fingerprint density at radius 3 is 2.23 bits per heavy atom. The van der Waals surface area contributed by atoms with Crippen LogP contribution in [0.4, 0.5) is 11.4 Å². The number of aryl methyl sites for hydroxylation is 2. The summed E-state index contributed by atoms with van der Waals surface area (Å²) in [5.41, 5.74) is 5.76. The van der Waals surface area contributed by atoms with E-state index in [1.807, 2.05) is 56.3 Å². The number of carbonyl (C=O) groups excluding carboxylic acids is 2. The van der Waals surface area contributed by atoms with Crippen LogP contribution in [-0.2, 0) is 9.59 Å². The highest BCUT2D eigenvalue weighted by atomic mass is 16.6. The lowest BCUT2D eigenvalue weighted by Gasteiger charge is -2.21. The second kappa shape index (κ2) is 8.95. The molecule has 2 aliphatic rings. The first-order valence-corrected chi connectivity index (χ1v) is 11.8. The zero-order valence-electron chi connectivity index (χ0n) is 20.3. The molecule has 0 atom stereocenters. The molecule has 0 aliphatic carbocycles. The van der Waals surface area contributed by atoms with Crippen LogP contribution >= 0.6 is 0 Å². The minimum absolute atomic E-state index is 0.258. The van der Waals surface area contributed by atoms with Crippen LogP contribution in [0.15, 0.2) is 66.4 Å². The molecule has 0 aromatic heterocycles. The van der Waals surface area contributed by atoms with E-state index in [0.29, 0.717) is 41.9 Å². The summed E-state index contributed by atoms with van der Waals surface area (Å²) in [7, 11) is 0. The SMILES string of the molecule is Cc1ccc(C2=C(Nc3ccc(C(C)C)cc3)C(=O)N(c3ccc4c(c3)OCCO4)C2=O)c(C)c1. The van der Waals surface area contributed by atoms with Crippen LogP contribution < -0.4 is 19.7 Å². The fraction of sp³-hybridized carbons (Fsp3) is 0.241. The second-order valence-electron chi connectivity index (χ2n) is 9.24. The minimum Gasteiger partial charge on any atom is -0.486 e. The molecular weight excluding hydrogens is 440 g/mol. The molecule has 35 heavy (non-hydrogen) atoms. The largest absolute Gasteiger partial charge is 0.486 e. The Labute approximate surface area is 205 Å². The molecule has 0 fully saturated rings. The molecule has 2 amide bonds. The van der Waals surface area contributed by atoms with E-state index < -0.39 is 5.91 Å². The molecule has 3 aromatic carbocycles. The van der Waals surface area contributed by atoms with Gasteiger partial charge in [-0.1, -0.05) is 49.7 Å². The number of nitrogens with zero attached hydrogens (tertiary/aromatic N) is 1. The third-order valence-electron chi connectivity index (χ3n) is 6.37. The van der Waals surface area contributed by atoms with E-state index in [0.717, 1.165) is 22.4 Å². The van der Waals surface area contributed by atoms with Gasteiger partial charge in [0.25, 0.3) is 11.8 Å². The molecule has 0 bridgehead atoms. The van der Waals surface area contributed by atoms with Gasteiger partial charge >= 0.3 is 0 Å². The zero-order valence-corrected chi connectivity index (χ0v) is 20.3. The van der Waals surface area contributed by atoms with Gasteiger partial charge < -0.3 is 14.8 Å². The van der Waals surface area contributed by atoms with E-state index >= 15 is 0 Å². The van der Waals surface area contributed by atoms with Crippen LogP contribution in [0, 0.1) is 13.8 Å². The van der Waals surface area contributed by atoms with Crippen molar-refractivity contribution in [1.82, 2.24) is 0 Å². The van der Waals surface area contributed by atoms with Crippen LogP contribution in [-0.4, -0.2) is 25.0 Å². The summed E-state index contributed by atoms with van der Waals surface area (Å²) in [5.74, 6) is 0.738. The van der Waals surface area contributed by atoms with Gasteiger partial charge in [-0.2, -0.15) is 0 Å². The van der Waals surface area contributed by atoms with Crippen molar-refractivity contribution in [2.24, 2.45) is 0 Å². The Morgan fingerprint density at radius 2 is 1.54 bits per heavy atom. The summed E-state index contributed by atoms with van der Waals surface area (Å²) >= 11 is 0. The van der Waals surface area contributed by atoms with E-state index in [2.05, 4.69) is 19.2 Å². The molecule has 0 saturated heterocycles. The average Bonchev–Trinajstić information content (AvgIpc) is 3.08. The minimum atomic E-state index is -0.408. The van der Waals surface area contributed by atoms with E-state index in [1.165, 1.54) is 10.5 Å². The zero-order chi connectivity index (χ0) is 24.7. The topological polar surface area (TPSA) is 67.9 Å². The molecule has 2 heterocycles. The second-order valence-corrected chi connectivity index (χ2v) is 9.24. The highest BCUT2D eigenvalue weighted by molar-refractivity contribution is 6.46. The molecule has 1 N–H and O–H groups in total. The first-order valence-electron chi connectivity index (χ1n) is 11.8. The Hall–Kier alpha value is -4.06. The van der Waals surface area contributed by atoms with Crippen molar-refractivity contribution in [2.75, 3.05) is 23.4 Å². The highest BCUT2D eigenvalue weighted by Gasteiger charge is 2.41. The van der Waals surface area contributed by atoms with Crippen molar-refractivity contribution in [3.05, 3.63) is 88.6 Å². The number of ether oxygens (including phenoxy) is 2. The molecule has 6 heteroatoms. The molecule has 0 radical (unpaired) electrons. The summed E-state index contributed by atoms with van der Waals surface area (Å²) in [5, 5.41) is 3.25. The fourth-order valence-corrected chi connectivity index (χ4v) is 4.49. The van der Waals surface area contributed by atoms with Gasteiger partial charge in [0.2, 0.25) is 0 Å². The Kier molecular flexibility index (Phi) is 5.81. The van der Waals surface area contributed by atoms with Gasteiger partial charge in [0, 0.05) is 11.8 Å². The Morgan fingerprint density at radius 1 is 0.829 bits per heavy atom. The van der Waals surface area contributed by atoms with Crippen molar-refractivity contribution in [3.8, 4) is 11.5 Å². The number of imide groups is 1. The number of hydrogen-bond acceptors (Lipinski definition) is 5. The summed E-state index contributed by atoms with van der Waals surface area (Å²) in [6.07, 6.45) is 0. The van der Waals surface area contributed by atoms with Crippen molar-refractivity contribution in [1.29, 1.82) is 0 Å². The first-order chi connectivity index (χ1) is 16.8. The van der Waals surface area contributed by atoms with E-state index in [9.17, 15) is 9.59 Å². The highest BCUT2D eigenvalue weighted by Crippen LogP contribution is 2.39. The number of nitrogens with one attached hydrogen (secondary N) is 1. The number of rotatable bonds is 5. The number of carbonyl (C=O) groups is 2. The van der Waals surface area contributed by atoms with Gasteiger partial charge in [-0.25, -0.2) is 4.90 Å². The first kappa shape index (κ1) is 22.7. The quantitative estimate of drug-likeness (QED) is 0.494. The molecule has 0 saturated carbocycles. The third-order valence-corrected chi connectivity index (χ3v) is 6.37. The standard InChI is InChI=1S/C29H28N2O4/c1-17(2)20-6-8-21(9-7-20)30-27-26(23-11-5-18(3)15-19(23)4)28(32)31(29(27)33)22-10-12-24-25(16-22)35-14-13-34-24/h5-12,15-17,30H,13-14H2,1-4H3. The number of fused-ring (bicyclic) bond motifs is 1. The summed E-state index contributed by atoms with van der Waals surface area (Å²) < 4.78 is 11.3. The van der Waals surface area contributed by atoms with Crippen molar-refractivity contribution >= 4 is 28.8 Å². The van der Waals surface area contributed by atoms with E-state index in [4.69, 9.17) is 9.47 Å². The van der Waals surface area contributed by atoms with Gasteiger partial charge in [0.1, 0.15) is 18.9 Å². The van der Waals surface area contributed by atoms with Crippen LogP contribution in [0.2, 0.25) is 0 Å². The normalized spacial score (nSPS) is 15.3. The number of benzene rings is 3. The van der Waals surface area contributed by atoms with E-state index in [1.54, 1.807) is 18.2 Å². The molecule has 6 nitrogen and oxygen atoms in total. The van der Waals surface area contributed by atoms with Crippen molar-refractivity contribution in [3.63, 3.8) is 0 Å². The fourth-order valence-electron chi connectivity index (χ4n) is 4.49. The monoisotopic (exact) mass is 468 g/mol.